The van der Waals surface area contributed by atoms with Gasteiger partial charge in [-0.15, -0.1) is 0 Å². The van der Waals surface area contributed by atoms with Crippen molar-refractivity contribution in [3.63, 3.8) is 0 Å². The molecule has 0 radical (unpaired) electrons. The second kappa shape index (κ2) is 3.74. The van der Waals surface area contributed by atoms with Crippen LogP contribution in [0.25, 0.3) is 10.8 Å². The number of pyridine rings is 1. The van der Waals surface area contributed by atoms with Gasteiger partial charge >= 0.3 is 0 Å². The minimum atomic E-state index is -0.131. The van der Waals surface area contributed by atoms with Gasteiger partial charge in [-0.2, -0.15) is 0 Å². The summed E-state index contributed by atoms with van der Waals surface area (Å²) in [4.78, 5) is 4.15. The van der Waals surface area contributed by atoms with Crippen LogP contribution in [0.1, 0.15) is 11.6 Å². The maximum absolute atomic E-state index is 5.90. The SMILES string of the molecule is NCC(N)c1cncc2ccccc12. The van der Waals surface area contributed by atoms with E-state index >= 15 is 0 Å². The molecule has 0 spiro atoms. The molecule has 1 atom stereocenters. The molecule has 1 aromatic heterocycles. The Bertz CT molecular complexity index is 434. The fourth-order valence-corrected chi connectivity index (χ4v) is 1.56. The Morgan fingerprint density at radius 2 is 2.00 bits per heavy atom. The Labute approximate surface area is 82.7 Å². The summed E-state index contributed by atoms with van der Waals surface area (Å²) in [6.07, 6.45) is 3.63. The molecule has 4 N–H and O–H groups in total. The van der Waals surface area contributed by atoms with E-state index in [4.69, 9.17) is 11.5 Å². The lowest BCUT2D eigenvalue weighted by Gasteiger charge is -2.11. The third-order valence-electron chi connectivity index (χ3n) is 2.35. The molecule has 0 fully saturated rings. The third-order valence-corrected chi connectivity index (χ3v) is 2.35. The average Bonchev–Trinajstić information content (AvgIpc) is 2.27. The summed E-state index contributed by atoms with van der Waals surface area (Å²) >= 11 is 0. The van der Waals surface area contributed by atoms with Crippen LogP contribution in [0.5, 0.6) is 0 Å². The molecule has 0 aliphatic heterocycles. The van der Waals surface area contributed by atoms with Crippen molar-refractivity contribution in [1.82, 2.24) is 4.98 Å². The van der Waals surface area contributed by atoms with Crippen molar-refractivity contribution in [3.8, 4) is 0 Å². The van der Waals surface area contributed by atoms with Gasteiger partial charge in [0.25, 0.3) is 0 Å². The molecule has 1 aromatic carbocycles. The van der Waals surface area contributed by atoms with Gasteiger partial charge in [0.1, 0.15) is 0 Å². The number of nitrogens with zero attached hydrogens (tertiary/aromatic N) is 1. The predicted octanol–water partition coefficient (Wildman–Crippen LogP) is 1.19. The summed E-state index contributed by atoms with van der Waals surface area (Å²) in [6.45, 7) is 0.440. The molecule has 1 heterocycles. The van der Waals surface area contributed by atoms with Crippen LogP contribution in [0.3, 0.4) is 0 Å². The molecule has 3 nitrogen and oxygen atoms in total. The predicted molar refractivity (Wildman–Crippen MR) is 57.7 cm³/mol. The zero-order valence-corrected chi connectivity index (χ0v) is 7.85. The van der Waals surface area contributed by atoms with Crippen molar-refractivity contribution in [2.75, 3.05) is 6.54 Å². The van der Waals surface area contributed by atoms with Crippen LogP contribution < -0.4 is 11.5 Å². The van der Waals surface area contributed by atoms with Crippen LogP contribution in [-0.4, -0.2) is 11.5 Å². The summed E-state index contributed by atoms with van der Waals surface area (Å²) in [5, 5.41) is 2.24. The molecule has 2 aromatic rings. The van der Waals surface area contributed by atoms with Crippen molar-refractivity contribution in [1.29, 1.82) is 0 Å². The molecule has 0 aliphatic carbocycles. The topological polar surface area (TPSA) is 64.9 Å². The fourth-order valence-electron chi connectivity index (χ4n) is 1.56. The van der Waals surface area contributed by atoms with Crippen LogP contribution in [0.4, 0.5) is 0 Å². The number of rotatable bonds is 2. The maximum atomic E-state index is 5.90. The highest BCUT2D eigenvalue weighted by molar-refractivity contribution is 5.85. The van der Waals surface area contributed by atoms with Gasteiger partial charge in [0, 0.05) is 30.4 Å². The van der Waals surface area contributed by atoms with Gasteiger partial charge in [0.05, 0.1) is 0 Å². The van der Waals surface area contributed by atoms with E-state index in [0.29, 0.717) is 6.54 Å². The highest BCUT2D eigenvalue weighted by atomic mass is 14.7. The summed E-state index contributed by atoms with van der Waals surface area (Å²) in [5.74, 6) is 0. The van der Waals surface area contributed by atoms with Crippen molar-refractivity contribution < 1.29 is 0 Å². The molecule has 0 saturated carbocycles. The average molecular weight is 187 g/mol. The third kappa shape index (κ3) is 1.47. The van der Waals surface area contributed by atoms with Crippen LogP contribution in [-0.2, 0) is 0 Å². The van der Waals surface area contributed by atoms with Crippen molar-refractivity contribution >= 4 is 10.8 Å². The van der Waals surface area contributed by atoms with E-state index in [-0.39, 0.29) is 6.04 Å². The van der Waals surface area contributed by atoms with Gasteiger partial charge in [0.15, 0.2) is 0 Å². The number of benzene rings is 1. The summed E-state index contributed by atoms with van der Waals surface area (Å²) in [7, 11) is 0. The highest BCUT2D eigenvalue weighted by Gasteiger charge is 2.07. The molecule has 3 heteroatoms. The van der Waals surface area contributed by atoms with E-state index in [9.17, 15) is 0 Å². The normalized spacial score (nSPS) is 13.0. The molecule has 0 amide bonds. The fraction of sp³-hybridized carbons (Fsp3) is 0.182. The lowest BCUT2D eigenvalue weighted by atomic mass is 10.0. The summed E-state index contributed by atoms with van der Waals surface area (Å²) in [5.41, 5.74) is 12.5. The molecule has 0 aliphatic rings. The van der Waals surface area contributed by atoms with Crippen LogP contribution in [0.2, 0.25) is 0 Å². The number of fused-ring (bicyclic) bond motifs is 1. The van der Waals surface area contributed by atoms with E-state index in [1.807, 2.05) is 30.5 Å². The first-order valence-corrected chi connectivity index (χ1v) is 4.61. The first-order chi connectivity index (χ1) is 6.83. The maximum Gasteiger partial charge on any atom is 0.0441 e. The first kappa shape index (κ1) is 9.12. The van der Waals surface area contributed by atoms with Crippen LogP contribution >= 0.6 is 0 Å². The molecule has 0 saturated heterocycles. The molecular formula is C11H13N3. The molecule has 1 unspecified atom stereocenters. The number of aromatic nitrogens is 1. The Morgan fingerprint density at radius 3 is 2.79 bits per heavy atom. The van der Waals surface area contributed by atoms with Crippen molar-refractivity contribution in [3.05, 3.63) is 42.2 Å². The second-order valence-corrected chi connectivity index (χ2v) is 3.29. The van der Waals surface area contributed by atoms with Gasteiger partial charge in [0.2, 0.25) is 0 Å². The molecule has 14 heavy (non-hydrogen) atoms. The van der Waals surface area contributed by atoms with Gasteiger partial charge in [-0.3, -0.25) is 4.98 Å². The van der Waals surface area contributed by atoms with Crippen molar-refractivity contribution in [2.45, 2.75) is 6.04 Å². The van der Waals surface area contributed by atoms with E-state index in [2.05, 4.69) is 4.98 Å². The molecule has 2 rings (SSSR count). The summed E-state index contributed by atoms with van der Waals surface area (Å²) in [6, 6.07) is 7.92. The van der Waals surface area contributed by atoms with Gasteiger partial charge in [-0.25, -0.2) is 0 Å². The lowest BCUT2D eigenvalue weighted by Crippen LogP contribution is -2.21. The monoisotopic (exact) mass is 187 g/mol. The van der Waals surface area contributed by atoms with E-state index < -0.39 is 0 Å². The Kier molecular flexibility index (Phi) is 2.43. The van der Waals surface area contributed by atoms with E-state index in [1.54, 1.807) is 6.20 Å². The Morgan fingerprint density at radius 1 is 1.21 bits per heavy atom. The Balaban J connectivity index is 2.65. The number of hydrogen-bond donors (Lipinski definition) is 2. The van der Waals surface area contributed by atoms with Gasteiger partial charge < -0.3 is 11.5 Å². The van der Waals surface area contributed by atoms with Gasteiger partial charge in [-0.1, -0.05) is 24.3 Å². The number of hydrogen-bond acceptors (Lipinski definition) is 3. The smallest absolute Gasteiger partial charge is 0.0441 e. The van der Waals surface area contributed by atoms with Crippen LogP contribution in [0, 0.1) is 0 Å². The quantitative estimate of drug-likeness (QED) is 0.742. The standard InChI is InChI=1S/C11H13N3/c12-5-11(13)10-7-14-6-8-3-1-2-4-9(8)10/h1-4,6-7,11H,5,12-13H2. The summed E-state index contributed by atoms with van der Waals surface area (Å²) < 4.78 is 0. The second-order valence-electron chi connectivity index (χ2n) is 3.29. The zero-order valence-electron chi connectivity index (χ0n) is 7.85. The highest BCUT2D eigenvalue weighted by Crippen LogP contribution is 2.20. The first-order valence-electron chi connectivity index (χ1n) is 4.61. The number of nitrogens with two attached hydrogens (primary N) is 2. The lowest BCUT2D eigenvalue weighted by molar-refractivity contribution is 0.740. The van der Waals surface area contributed by atoms with Crippen molar-refractivity contribution in [2.24, 2.45) is 11.5 Å². The Hall–Kier alpha value is -1.45. The van der Waals surface area contributed by atoms with E-state index in [1.165, 1.54) is 0 Å². The minimum absolute atomic E-state index is 0.131. The zero-order chi connectivity index (χ0) is 9.97. The van der Waals surface area contributed by atoms with Gasteiger partial charge in [-0.05, 0) is 10.9 Å². The van der Waals surface area contributed by atoms with Crippen LogP contribution in [0.15, 0.2) is 36.7 Å². The molecular weight excluding hydrogens is 174 g/mol. The largest absolute Gasteiger partial charge is 0.329 e. The molecule has 0 bridgehead atoms. The molecule has 72 valence electrons. The minimum Gasteiger partial charge on any atom is -0.329 e. The van der Waals surface area contributed by atoms with E-state index in [0.717, 1.165) is 16.3 Å².